The van der Waals surface area contributed by atoms with Gasteiger partial charge >= 0.3 is 11.9 Å². The van der Waals surface area contributed by atoms with Gasteiger partial charge in [-0.3, -0.25) is 9.59 Å². The summed E-state index contributed by atoms with van der Waals surface area (Å²) in [5.74, 6) is -0.472. The molecule has 4 nitrogen and oxygen atoms in total. The monoisotopic (exact) mass is 420 g/mol. The summed E-state index contributed by atoms with van der Waals surface area (Å²) in [5, 5.41) is 0. The lowest BCUT2D eigenvalue weighted by molar-refractivity contribution is -0.140. The van der Waals surface area contributed by atoms with Gasteiger partial charge in [-0.15, -0.1) is 34.0 Å². The zero-order chi connectivity index (χ0) is 19.6. The minimum atomic E-state index is -0.236. The second-order valence-electron chi connectivity index (χ2n) is 6.09. The summed E-state index contributed by atoms with van der Waals surface area (Å²) in [5.41, 5.74) is 1.99. The van der Waals surface area contributed by atoms with Gasteiger partial charge in [-0.1, -0.05) is 0 Å². The lowest BCUT2D eigenvalue weighted by Gasteiger charge is -2.02. The van der Waals surface area contributed by atoms with Crippen molar-refractivity contribution in [1.82, 2.24) is 0 Å². The third-order valence-corrected chi connectivity index (χ3v) is 7.67. The van der Waals surface area contributed by atoms with E-state index < -0.39 is 0 Å². The molecular formula is C20H20O4S3. The highest BCUT2D eigenvalue weighted by molar-refractivity contribution is 7.26. The maximum absolute atomic E-state index is 11.7. The third-order valence-electron chi connectivity index (χ3n) is 4.04. The highest BCUT2D eigenvalue weighted by atomic mass is 32.1. The van der Waals surface area contributed by atoms with Crippen molar-refractivity contribution < 1.29 is 19.1 Å². The molecule has 0 radical (unpaired) electrons. The molecule has 7 heteroatoms. The van der Waals surface area contributed by atoms with Gasteiger partial charge in [0.15, 0.2) is 0 Å². The van der Waals surface area contributed by atoms with Gasteiger partial charge in [-0.25, -0.2) is 0 Å². The van der Waals surface area contributed by atoms with Crippen LogP contribution in [0.4, 0.5) is 0 Å². The average molecular weight is 421 g/mol. The molecule has 0 aliphatic carbocycles. The van der Waals surface area contributed by atoms with Gasteiger partial charge < -0.3 is 9.47 Å². The maximum atomic E-state index is 11.7. The van der Waals surface area contributed by atoms with Gasteiger partial charge in [0, 0.05) is 29.3 Å². The molecule has 27 heavy (non-hydrogen) atoms. The van der Waals surface area contributed by atoms with Crippen LogP contribution in [0.5, 0.6) is 0 Å². The SMILES string of the molecule is COC(=O)Cc1cc(C)sc1-c1ccc(-c2sc(C)cc2CC(=O)OC)s1. The summed E-state index contributed by atoms with van der Waals surface area (Å²) in [7, 11) is 2.82. The Balaban J connectivity index is 1.95. The van der Waals surface area contributed by atoms with E-state index in [4.69, 9.17) is 9.47 Å². The standard InChI is InChI=1S/C20H20O4S3/c1-11-7-13(9-17(21)23-3)19(25-11)15-5-6-16(27-15)20-14(8-12(2)26-20)10-18(22)24-4/h5-8H,9-10H2,1-4H3. The van der Waals surface area contributed by atoms with Crippen molar-refractivity contribution in [3.8, 4) is 19.5 Å². The fourth-order valence-electron chi connectivity index (χ4n) is 2.85. The first-order valence-electron chi connectivity index (χ1n) is 8.34. The van der Waals surface area contributed by atoms with E-state index >= 15 is 0 Å². The van der Waals surface area contributed by atoms with E-state index in [1.54, 1.807) is 34.0 Å². The van der Waals surface area contributed by atoms with Crippen molar-refractivity contribution in [1.29, 1.82) is 0 Å². The first-order valence-corrected chi connectivity index (χ1v) is 10.8. The van der Waals surface area contributed by atoms with Crippen molar-refractivity contribution in [3.63, 3.8) is 0 Å². The normalized spacial score (nSPS) is 10.8. The van der Waals surface area contributed by atoms with Crippen LogP contribution in [0.3, 0.4) is 0 Å². The maximum Gasteiger partial charge on any atom is 0.310 e. The molecule has 0 bridgehead atoms. The molecule has 0 N–H and O–H groups in total. The van der Waals surface area contributed by atoms with Crippen LogP contribution < -0.4 is 0 Å². The topological polar surface area (TPSA) is 52.6 Å². The summed E-state index contributed by atoms with van der Waals surface area (Å²) in [6.07, 6.45) is 0.546. The Morgan fingerprint density at radius 3 is 1.56 bits per heavy atom. The molecule has 3 heterocycles. The second-order valence-corrected chi connectivity index (χ2v) is 9.69. The summed E-state index contributed by atoms with van der Waals surface area (Å²) < 4.78 is 9.64. The number of esters is 2. The lowest BCUT2D eigenvalue weighted by atomic mass is 10.1. The molecule has 142 valence electrons. The Hall–Kier alpha value is -1.96. The van der Waals surface area contributed by atoms with E-state index in [9.17, 15) is 9.59 Å². The molecule has 0 aliphatic rings. The Morgan fingerprint density at radius 1 is 0.778 bits per heavy atom. The highest BCUT2D eigenvalue weighted by Crippen LogP contribution is 2.43. The number of ether oxygens (including phenoxy) is 2. The van der Waals surface area contributed by atoms with Crippen LogP contribution in [0.1, 0.15) is 20.9 Å². The number of carbonyl (C=O) groups is 2. The Morgan fingerprint density at radius 2 is 1.19 bits per heavy atom. The largest absolute Gasteiger partial charge is 0.469 e. The van der Waals surface area contributed by atoms with Crippen LogP contribution in [0.15, 0.2) is 24.3 Å². The third kappa shape index (κ3) is 4.48. The van der Waals surface area contributed by atoms with Crippen molar-refractivity contribution in [2.24, 2.45) is 0 Å². The number of thiophene rings is 3. The van der Waals surface area contributed by atoms with Crippen molar-refractivity contribution >= 4 is 45.9 Å². The molecule has 0 fully saturated rings. The minimum Gasteiger partial charge on any atom is -0.469 e. The molecule has 3 aromatic rings. The van der Waals surface area contributed by atoms with Crippen LogP contribution in [0, 0.1) is 13.8 Å². The summed E-state index contributed by atoms with van der Waals surface area (Å²) in [4.78, 5) is 30.2. The molecule has 0 amide bonds. The predicted octanol–water partition coefficient (Wildman–Crippen LogP) is 5.25. The molecule has 3 aromatic heterocycles. The number of hydrogen-bond acceptors (Lipinski definition) is 7. The van der Waals surface area contributed by atoms with Gasteiger partial charge in [0.2, 0.25) is 0 Å². The van der Waals surface area contributed by atoms with Crippen LogP contribution in [-0.2, 0) is 31.9 Å². The van der Waals surface area contributed by atoms with Crippen molar-refractivity contribution in [2.75, 3.05) is 14.2 Å². The van der Waals surface area contributed by atoms with Crippen LogP contribution in [0.25, 0.3) is 19.5 Å². The fourth-order valence-corrected chi connectivity index (χ4v) is 6.22. The number of carbonyl (C=O) groups excluding carboxylic acids is 2. The molecule has 0 unspecified atom stereocenters. The van der Waals surface area contributed by atoms with Crippen LogP contribution >= 0.6 is 34.0 Å². The quantitative estimate of drug-likeness (QED) is 0.511. The zero-order valence-electron chi connectivity index (χ0n) is 15.6. The van der Waals surface area contributed by atoms with Gasteiger partial charge in [0.25, 0.3) is 0 Å². The lowest BCUT2D eigenvalue weighted by Crippen LogP contribution is -2.04. The Kier molecular flexibility index (Phi) is 6.14. The summed E-state index contributed by atoms with van der Waals surface area (Å²) in [6, 6.07) is 8.27. The summed E-state index contributed by atoms with van der Waals surface area (Å²) in [6.45, 7) is 4.08. The van der Waals surface area contributed by atoms with E-state index in [2.05, 4.69) is 12.1 Å². The van der Waals surface area contributed by atoms with Gasteiger partial charge in [0.1, 0.15) is 0 Å². The summed E-state index contributed by atoms with van der Waals surface area (Å²) >= 11 is 5.05. The molecule has 0 atom stereocenters. The minimum absolute atomic E-state index is 0.236. The predicted molar refractivity (Wildman–Crippen MR) is 112 cm³/mol. The first kappa shape index (κ1) is 19.8. The van der Waals surface area contributed by atoms with Gasteiger partial charge in [-0.05, 0) is 49.2 Å². The van der Waals surface area contributed by atoms with E-state index in [1.807, 2.05) is 26.0 Å². The number of hydrogen-bond donors (Lipinski definition) is 0. The number of methoxy groups -OCH3 is 2. The molecule has 3 rings (SSSR count). The molecule has 0 spiro atoms. The van der Waals surface area contributed by atoms with Crippen LogP contribution in [-0.4, -0.2) is 26.2 Å². The average Bonchev–Trinajstić information content (AvgIpc) is 3.33. The Labute approximate surface area is 170 Å². The van der Waals surface area contributed by atoms with Crippen molar-refractivity contribution in [2.45, 2.75) is 26.7 Å². The smallest absolute Gasteiger partial charge is 0.310 e. The molecular weight excluding hydrogens is 400 g/mol. The molecule has 0 aliphatic heterocycles. The Bertz CT molecular complexity index is 901. The number of rotatable bonds is 6. The molecule has 0 aromatic carbocycles. The van der Waals surface area contributed by atoms with Crippen molar-refractivity contribution in [3.05, 3.63) is 45.1 Å². The van der Waals surface area contributed by atoms with Crippen LogP contribution in [0.2, 0.25) is 0 Å². The van der Waals surface area contributed by atoms with E-state index in [0.29, 0.717) is 0 Å². The highest BCUT2D eigenvalue weighted by Gasteiger charge is 2.18. The van der Waals surface area contributed by atoms with Gasteiger partial charge in [0.05, 0.1) is 27.1 Å². The van der Waals surface area contributed by atoms with E-state index in [1.165, 1.54) is 14.2 Å². The number of aryl methyl sites for hydroxylation is 2. The van der Waals surface area contributed by atoms with Gasteiger partial charge in [-0.2, -0.15) is 0 Å². The first-order chi connectivity index (χ1) is 12.9. The van der Waals surface area contributed by atoms with E-state index in [0.717, 1.165) is 40.4 Å². The second kappa shape index (κ2) is 8.37. The molecule has 0 saturated heterocycles. The zero-order valence-corrected chi connectivity index (χ0v) is 18.0. The fraction of sp³-hybridized carbons (Fsp3) is 0.300. The van der Waals surface area contributed by atoms with E-state index in [-0.39, 0.29) is 24.8 Å². The molecule has 0 saturated carbocycles.